The lowest BCUT2D eigenvalue weighted by molar-refractivity contribution is 0.0924. The van der Waals surface area contributed by atoms with Crippen molar-refractivity contribution in [2.45, 2.75) is 43.9 Å². The number of amides is 1. The summed E-state index contributed by atoms with van der Waals surface area (Å²) in [7, 11) is -0.837. The Balaban J connectivity index is 2.15. The summed E-state index contributed by atoms with van der Waals surface area (Å²) in [6.07, 6.45) is 1.71. The van der Waals surface area contributed by atoms with Gasteiger partial charge in [0.25, 0.3) is 15.9 Å². The Kier molecular flexibility index (Phi) is 4.93. The number of furan rings is 1. The minimum absolute atomic E-state index is 0.0898. The zero-order valence-corrected chi connectivity index (χ0v) is 14.2. The molecule has 7 nitrogen and oxygen atoms in total. The molecule has 1 amide bonds. The number of carbonyl (C=O) groups is 1. The number of nitrogens with zero attached hydrogens (tertiary/aromatic N) is 1. The quantitative estimate of drug-likeness (QED) is 0.849. The Hall–Kier alpha value is -1.38. The maximum atomic E-state index is 12.4. The SMILES string of the molecule is Cc1oc(S(=O)(=O)N(C)C)cc1C(=O)NC1CCNC(C)C1. The molecule has 2 atom stereocenters. The lowest BCUT2D eigenvalue weighted by Gasteiger charge is -2.28. The number of aryl methyl sites for hydroxylation is 1. The van der Waals surface area contributed by atoms with E-state index in [1.165, 1.54) is 20.2 Å². The fourth-order valence-electron chi connectivity index (χ4n) is 2.51. The van der Waals surface area contributed by atoms with Gasteiger partial charge in [-0.15, -0.1) is 0 Å². The smallest absolute Gasteiger partial charge is 0.275 e. The second-order valence-electron chi connectivity index (χ2n) is 5.87. The second-order valence-corrected chi connectivity index (χ2v) is 7.96. The van der Waals surface area contributed by atoms with Crippen molar-refractivity contribution in [2.24, 2.45) is 0 Å². The largest absolute Gasteiger partial charge is 0.448 e. The topological polar surface area (TPSA) is 91.7 Å². The van der Waals surface area contributed by atoms with E-state index >= 15 is 0 Å². The molecule has 2 unspecified atom stereocenters. The van der Waals surface area contributed by atoms with Crippen LogP contribution < -0.4 is 10.6 Å². The molecule has 2 N–H and O–H groups in total. The molecule has 0 aromatic carbocycles. The van der Waals surface area contributed by atoms with E-state index in [1.54, 1.807) is 6.92 Å². The third-order valence-corrected chi connectivity index (χ3v) is 5.50. The van der Waals surface area contributed by atoms with Crippen LogP contribution in [0.1, 0.15) is 35.9 Å². The Labute approximate surface area is 131 Å². The molecule has 2 rings (SSSR count). The summed E-state index contributed by atoms with van der Waals surface area (Å²) in [6.45, 7) is 4.52. The third-order valence-electron chi connectivity index (χ3n) is 3.83. The van der Waals surface area contributed by atoms with Gasteiger partial charge in [0.15, 0.2) is 0 Å². The predicted octanol–water partition coefficient (Wildman–Crippen LogP) is 0.709. The van der Waals surface area contributed by atoms with Gasteiger partial charge in [0.05, 0.1) is 5.56 Å². The van der Waals surface area contributed by atoms with Crippen LogP contribution in [0.4, 0.5) is 0 Å². The van der Waals surface area contributed by atoms with E-state index in [2.05, 4.69) is 17.6 Å². The number of rotatable bonds is 4. The van der Waals surface area contributed by atoms with Gasteiger partial charge in [0.2, 0.25) is 5.09 Å². The van der Waals surface area contributed by atoms with Crippen molar-refractivity contribution in [1.29, 1.82) is 0 Å². The monoisotopic (exact) mass is 329 g/mol. The van der Waals surface area contributed by atoms with Crippen molar-refractivity contribution in [2.75, 3.05) is 20.6 Å². The highest BCUT2D eigenvalue weighted by molar-refractivity contribution is 7.88. The summed E-state index contributed by atoms with van der Waals surface area (Å²) >= 11 is 0. The van der Waals surface area contributed by atoms with Crippen LogP contribution >= 0.6 is 0 Å². The maximum Gasteiger partial charge on any atom is 0.275 e. The Morgan fingerprint density at radius 3 is 2.73 bits per heavy atom. The van der Waals surface area contributed by atoms with E-state index in [4.69, 9.17) is 4.42 Å². The fourth-order valence-corrected chi connectivity index (χ4v) is 3.37. The first kappa shape index (κ1) is 17.0. The molecule has 1 aromatic heterocycles. The number of hydrogen-bond donors (Lipinski definition) is 2. The van der Waals surface area contributed by atoms with Crippen LogP contribution in [0.2, 0.25) is 0 Å². The molecule has 1 aromatic rings. The number of sulfonamides is 1. The van der Waals surface area contributed by atoms with Crippen molar-refractivity contribution in [3.63, 3.8) is 0 Å². The van der Waals surface area contributed by atoms with E-state index in [9.17, 15) is 13.2 Å². The Morgan fingerprint density at radius 1 is 1.45 bits per heavy atom. The maximum absolute atomic E-state index is 12.4. The van der Waals surface area contributed by atoms with Crippen LogP contribution in [0.15, 0.2) is 15.6 Å². The fraction of sp³-hybridized carbons (Fsp3) is 0.643. The number of carbonyl (C=O) groups excluding carboxylic acids is 1. The van der Waals surface area contributed by atoms with Gasteiger partial charge >= 0.3 is 0 Å². The van der Waals surface area contributed by atoms with Gasteiger partial charge in [0.1, 0.15) is 5.76 Å². The van der Waals surface area contributed by atoms with Crippen LogP contribution in [0.25, 0.3) is 0 Å². The van der Waals surface area contributed by atoms with Crippen molar-refractivity contribution in [1.82, 2.24) is 14.9 Å². The minimum Gasteiger partial charge on any atom is -0.448 e. The van der Waals surface area contributed by atoms with E-state index in [1.807, 2.05) is 0 Å². The van der Waals surface area contributed by atoms with Crippen molar-refractivity contribution in [3.05, 3.63) is 17.4 Å². The van der Waals surface area contributed by atoms with Crippen LogP contribution in [0, 0.1) is 6.92 Å². The summed E-state index contributed by atoms with van der Waals surface area (Å²) < 4.78 is 30.4. The Morgan fingerprint density at radius 2 is 2.14 bits per heavy atom. The van der Waals surface area contributed by atoms with E-state index in [0.29, 0.717) is 11.8 Å². The molecule has 1 fully saturated rings. The van der Waals surface area contributed by atoms with Crippen LogP contribution in [-0.2, 0) is 10.0 Å². The molecule has 0 radical (unpaired) electrons. The Bertz CT molecular complexity index is 651. The first-order valence-corrected chi connectivity index (χ1v) is 8.73. The lowest BCUT2D eigenvalue weighted by atomic mass is 10.0. The number of piperidine rings is 1. The van der Waals surface area contributed by atoms with Gasteiger partial charge in [0, 0.05) is 32.2 Å². The number of hydrogen-bond acceptors (Lipinski definition) is 5. The number of nitrogens with one attached hydrogen (secondary N) is 2. The van der Waals surface area contributed by atoms with Crippen molar-refractivity contribution in [3.8, 4) is 0 Å². The summed E-state index contributed by atoms with van der Waals surface area (Å²) in [4.78, 5) is 12.4. The summed E-state index contributed by atoms with van der Waals surface area (Å²) in [5.74, 6) is 0.0143. The van der Waals surface area contributed by atoms with Gasteiger partial charge in [-0.3, -0.25) is 4.79 Å². The molecule has 8 heteroatoms. The van der Waals surface area contributed by atoms with Gasteiger partial charge < -0.3 is 15.1 Å². The average molecular weight is 329 g/mol. The highest BCUT2D eigenvalue weighted by atomic mass is 32.2. The van der Waals surface area contributed by atoms with E-state index < -0.39 is 10.0 Å². The minimum atomic E-state index is -3.68. The molecule has 1 aliphatic heterocycles. The summed E-state index contributed by atoms with van der Waals surface area (Å²) in [6, 6.07) is 1.74. The highest BCUT2D eigenvalue weighted by Gasteiger charge is 2.27. The van der Waals surface area contributed by atoms with Crippen LogP contribution in [-0.4, -0.2) is 51.4 Å². The molecule has 0 bridgehead atoms. The molecule has 1 saturated heterocycles. The molecular weight excluding hydrogens is 306 g/mol. The van der Waals surface area contributed by atoms with Gasteiger partial charge in [-0.2, -0.15) is 0 Å². The molecule has 0 aliphatic carbocycles. The molecule has 124 valence electrons. The molecule has 22 heavy (non-hydrogen) atoms. The highest BCUT2D eigenvalue weighted by Crippen LogP contribution is 2.21. The lowest BCUT2D eigenvalue weighted by Crippen LogP contribution is -2.46. The summed E-state index contributed by atoms with van der Waals surface area (Å²) in [5, 5.41) is 6.06. The molecule has 0 spiro atoms. The zero-order chi connectivity index (χ0) is 16.5. The predicted molar refractivity (Wildman–Crippen MR) is 82.3 cm³/mol. The van der Waals surface area contributed by atoms with Crippen LogP contribution in [0.3, 0.4) is 0 Å². The molecule has 0 saturated carbocycles. The standard InChI is InChI=1S/C14H23N3O4S/c1-9-7-11(5-6-15-9)16-14(18)12-8-13(21-10(12)2)22(19,20)17(3)4/h8-9,11,15H,5-7H2,1-4H3,(H,16,18). The van der Waals surface area contributed by atoms with E-state index in [-0.39, 0.29) is 22.6 Å². The molecule has 1 aliphatic rings. The average Bonchev–Trinajstić information content (AvgIpc) is 2.81. The first-order valence-electron chi connectivity index (χ1n) is 7.29. The van der Waals surface area contributed by atoms with Gasteiger partial charge in [-0.25, -0.2) is 12.7 Å². The zero-order valence-electron chi connectivity index (χ0n) is 13.3. The normalized spacial score (nSPS) is 22.8. The van der Waals surface area contributed by atoms with Crippen molar-refractivity contribution >= 4 is 15.9 Å². The van der Waals surface area contributed by atoms with Gasteiger partial charge in [-0.05, 0) is 33.2 Å². The first-order chi connectivity index (χ1) is 10.2. The van der Waals surface area contributed by atoms with E-state index in [0.717, 1.165) is 23.7 Å². The van der Waals surface area contributed by atoms with Gasteiger partial charge in [-0.1, -0.05) is 0 Å². The molecule has 2 heterocycles. The van der Waals surface area contributed by atoms with Crippen molar-refractivity contribution < 1.29 is 17.6 Å². The third kappa shape index (κ3) is 3.50. The summed E-state index contributed by atoms with van der Waals surface area (Å²) in [5.41, 5.74) is 0.270. The second kappa shape index (κ2) is 6.39. The molecular formula is C14H23N3O4S. The van der Waals surface area contributed by atoms with Crippen LogP contribution in [0.5, 0.6) is 0 Å².